The number of carbonyl (C=O) groups excluding carboxylic acids is 1. The van der Waals surface area contributed by atoms with Crippen molar-refractivity contribution in [2.24, 2.45) is 0 Å². The van der Waals surface area contributed by atoms with Gasteiger partial charge in [-0.3, -0.25) is 4.79 Å². The van der Waals surface area contributed by atoms with Crippen LogP contribution in [0, 0.1) is 12.7 Å². The van der Waals surface area contributed by atoms with Gasteiger partial charge in [0.2, 0.25) is 0 Å². The quantitative estimate of drug-likeness (QED) is 0.723. The highest BCUT2D eigenvalue weighted by molar-refractivity contribution is 5.96. The summed E-state index contributed by atoms with van der Waals surface area (Å²) in [5, 5.41) is 20.6. The molecule has 0 heterocycles. The first-order valence-corrected chi connectivity index (χ1v) is 5.22. The summed E-state index contributed by atoms with van der Waals surface area (Å²) in [7, 11) is 0. The summed E-state index contributed by atoms with van der Waals surface area (Å²) >= 11 is 0. The zero-order valence-electron chi connectivity index (χ0n) is 9.83. The monoisotopic (exact) mass is 241 g/mol. The first kappa shape index (κ1) is 13.6. The summed E-state index contributed by atoms with van der Waals surface area (Å²) in [6, 6.07) is 3.82. The highest BCUT2D eigenvalue weighted by atomic mass is 19.1. The van der Waals surface area contributed by atoms with Gasteiger partial charge in [-0.05, 0) is 37.6 Å². The van der Waals surface area contributed by atoms with Crippen molar-refractivity contribution in [1.29, 1.82) is 0 Å². The Morgan fingerprint density at radius 2 is 2.00 bits per heavy atom. The second-order valence-electron chi connectivity index (χ2n) is 4.29. The number of amides is 1. The van der Waals surface area contributed by atoms with Gasteiger partial charge < -0.3 is 15.5 Å². The predicted octanol–water partition coefficient (Wildman–Crippen LogP) is 0.607. The van der Waals surface area contributed by atoms with Gasteiger partial charge >= 0.3 is 0 Å². The van der Waals surface area contributed by atoms with E-state index in [2.05, 4.69) is 5.32 Å². The zero-order chi connectivity index (χ0) is 13.1. The summed E-state index contributed by atoms with van der Waals surface area (Å²) in [4.78, 5) is 11.9. The van der Waals surface area contributed by atoms with E-state index in [9.17, 15) is 9.18 Å². The maximum Gasteiger partial charge on any atom is 0.252 e. The molecule has 3 N–H and O–H groups in total. The van der Waals surface area contributed by atoms with E-state index in [1.807, 2.05) is 0 Å². The molecule has 1 aromatic carbocycles. The van der Waals surface area contributed by atoms with E-state index >= 15 is 0 Å². The number of halogens is 1. The minimum atomic E-state index is -1.09. The molecule has 17 heavy (non-hydrogen) atoms. The Bertz CT molecular complexity index is 416. The van der Waals surface area contributed by atoms with Crippen molar-refractivity contribution in [3.8, 4) is 0 Å². The van der Waals surface area contributed by atoms with Crippen LogP contribution in [0.2, 0.25) is 0 Å². The van der Waals surface area contributed by atoms with E-state index in [0.29, 0.717) is 11.1 Å². The molecule has 1 rings (SSSR count). The van der Waals surface area contributed by atoms with Crippen LogP contribution in [0.1, 0.15) is 22.8 Å². The van der Waals surface area contributed by atoms with Crippen molar-refractivity contribution in [3.63, 3.8) is 0 Å². The molecular formula is C12H16FNO3. The summed E-state index contributed by atoms with van der Waals surface area (Å²) in [6.07, 6.45) is 0. The van der Waals surface area contributed by atoms with Crippen LogP contribution in [-0.2, 0) is 0 Å². The smallest absolute Gasteiger partial charge is 0.252 e. The number of nitrogens with one attached hydrogen (secondary N) is 1. The Hall–Kier alpha value is -1.46. The van der Waals surface area contributed by atoms with E-state index < -0.39 is 17.3 Å². The van der Waals surface area contributed by atoms with Crippen LogP contribution in [0.3, 0.4) is 0 Å². The molecule has 0 aliphatic carbocycles. The molecule has 0 spiro atoms. The fraction of sp³-hybridized carbons (Fsp3) is 0.417. The molecule has 0 bridgehead atoms. The average Bonchev–Trinajstić information content (AvgIpc) is 2.28. The van der Waals surface area contributed by atoms with E-state index in [1.165, 1.54) is 25.1 Å². The molecule has 0 aromatic heterocycles. The molecule has 4 nitrogen and oxygen atoms in total. The van der Waals surface area contributed by atoms with Crippen molar-refractivity contribution in [1.82, 2.24) is 5.32 Å². The summed E-state index contributed by atoms with van der Waals surface area (Å²) in [5.41, 5.74) is -0.266. The Morgan fingerprint density at radius 3 is 2.47 bits per heavy atom. The molecule has 0 aliphatic rings. The highest BCUT2D eigenvalue weighted by Crippen LogP contribution is 2.12. The Kier molecular flexibility index (Phi) is 4.20. The Labute approximate surface area is 99.1 Å². The first-order chi connectivity index (χ1) is 7.91. The van der Waals surface area contributed by atoms with Gasteiger partial charge in [-0.25, -0.2) is 4.39 Å². The van der Waals surface area contributed by atoms with Crippen LogP contribution in [0.25, 0.3) is 0 Å². The number of aliphatic hydroxyl groups is 2. The van der Waals surface area contributed by atoms with Crippen molar-refractivity contribution >= 4 is 5.91 Å². The average molecular weight is 241 g/mol. The van der Waals surface area contributed by atoms with Gasteiger partial charge in [-0.2, -0.15) is 0 Å². The van der Waals surface area contributed by atoms with Crippen LogP contribution in [-0.4, -0.2) is 34.9 Å². The number of hydrogen-bond acceptors (Lipinski definition) is 3. The summed E-state index contributed by atoms with van der Waals surface area (Å²) in [6.45, 7) is 2.38. The molecule has 0 unspecified atom stereocenters. The molecule has 0 radical (unpaired) electrons. The van der Waals surface area contributed by atoms with Crippen molar-refractivity contribution in [2.75, 3.05) is 13.2 Å². The Morgan fingerprint density at radius 1 is 1.41 bits per heavy atom. The van der Waals surface area contributed by atoms with Gasteiger partial charge in [0.05, 0.1) is 18.8 Å². The molecule has 5 heteroatoms. The van der Waals surface area contributed by atoms with Gasteiger partial charge in [0.25, 0.3) is 5.91 Å². The fourth-order valence-corrected chi connectivity index (χ4v) is 1.35. The van der Waals surface area contributed by atoms with Gasteiger partial charge in [-0.15, -0.1) is 0 Å². The molecular weight excluding hydrogens is 225 g/mol. The maximum absolute atomic E-state index is 12.9. The third-order valence-electron chi connectivity index (χ3n) is 2.55. The molecule has 0 saturated heterocycles. The number of aryl methyl sites for hydroxylation is 1. The van der Waals surface area contributed by atoms with Crippen molar-refractivity contribution in [2.45, 2.75) is 19.4 Å². The lowest BCUT2D eigenvalue weighted by Crippen LogP contribution is -2.51. The van der Waals surface area contributed by atoms with Gasteiger partial charge in [0.1, 0.15) is 5.82 Å². The zero-order valence-corrected chi connectivity index (χ0v) is 9.83. The van der Waals surface area contributed by atoms with E-state index in [0.717, 1.165) is 0 Å². The molecule has 1 aromatic rings. The van der Waals surface area contributed by atoms with Crippen LogP contribution in [0.4, 0.5) is 4.39 Å². The van der Waals surface area contributed by atoms with Crippen LogP contribution in [0.15, 0.2) is 18.2 Å². The van der Waals surface area contributed by atoms with Crippen LogP contribution < -0.4 is 5.32 Å². The maximum atomic E-state index is 12.9. The molecule has 94 valence electrons. The number of aliphatic hydroxyl groups excluding tert-OH is 2. The summed E-state index contributed by atoms with van der Waals surface area (Å²) in [5.74, 6) is -0.862. The minimum absolute atomic E-state index is 0.319. The standard InChI is InChI=1S/C12H16FNO3/c1-8-5-9(13)3-4-10(8)11(17)14-12(2,6-15)7-16/h3-5,15-16H,6-7H2,1-2H3,(H,14,17). The normalized spacial score (nSPS) is 11.4. The third kappa shape index (κ3) is 3.25. The lowest BCUT2D eigenvalue weighted by Gasteiger charge is -2.26. The lowest BCUT2D eigenvalue weighted by molar-refractivity contribution is 0.0723. The van der Waals surface area contributed by atoms with Crippen LogP contribution >= 0.6 is 0 Å². The van der Waals surface area contributed by atoms with Gasteiger partial charge in [0.15, 0.2) is 0 Å². The molecule has 1 amide bonds. The second kappa shape index (κ2) is 5.25. The highest BCUT2D eigenvalue weighted by Gasteiger charge is 2.25. The van der Waals surface area contributed by atoms with Gasteiger partial charge in [0, 0.05) is 5.56 Å². The number of rotatable bonds is 4. The van der Waals surface area contributed by atoms with Crippen molar-refractivity contribution in [3.05, 3.63) is 35.1 Å². The molecule has 0 fully saturated rings. The van der Waals surface area contributed by atoms with E-state index in [4.69, 9.17) is 10.2 Å². The minimum Gasteiger partial charge on any atom is -0.394 e. The topological polar surface area (TPSA) is 69.6 Å². The fourth-order valence-electron chi connectivity index (χ4n) is 1.35. The third-order valence-corrected chi connectivity index (χ3v) is 2.55. The number of carbonyl (C=O) groups is 1. The number of hydrogen-bond donors (Lipinski definition) is 3. The SMILES string of the molecule is Cc1cc(F)ccc1C(=O)NC(C)(CO)CO. The number of benzene rings is 1. The molecule has 0 aliphatic heterocycles. The summed E-state index contributed by atoms with van der Waals surface area (Å²) < 4.78 is 12.9. The second-order valence-corrected chi connectivity index (χ2v) is 4.29. The first-order valence-electron chi connectivity index (χ1n) is 5.22. The van der Waals surface area contributed by atoms with Crippen molar-refractivity contribution < 1.29 is 19.4 Å². The van der Waals surface area contributed by atoms with Crippen LogP contribution in [0.5, 0.6) is 0 Å². The van der Waals surface area contributed by atoms with E-state index in [-0.39, 0.29) is 13.2 Å². The largest absolute Gasteiger partial charge is 0.394 e. The molecule has 0 atom stereocenters. The lowest BCUT2D eigenvalue weighted by atomic mass is 10.0. The Balaban J connectivity index is 2.90. The molecule has 0 saturated carbocycles. The predicted molar refractivity (Wildman–Crippen MR) is 61.2 cm³/mol. The van der Waals surface area contributed by atoms with E-state index in [1.54, 1.807) is 6.92 Å². The van der Waals surface area contributed by atoms with Gasteiger partial charge in [-0.1, -0.05) is 0 Å².